The van der Waals surface area contributed by atoms with Crippen molar-refractivity contribution in [2.75, 3.05) is 13.2 Å². The van der Waals surface area contributed by atoms with Crippen LogP contribution in [0.25, 0.3) is 0 Å². The number of halogens is 2. The fraction of sp³-hybridized carbons (Fsp3) is 0.385. The second kappa shape index (κ2) is 8.11. The first kappa shape index (κ1) is 16.8. The smallest absolute Gasteiger partial charge is 0.321 e. The summed E-state index contributed by atoms with van der Waals surface area (Å²) in [6.45, 7) is 4.14. The third-order valence-corrected chi connectivity index (χ3v) is 2.97. The molecule has 3 amide bonds. The maximum Gasteiger partial charge on any atom is 0.321 e. The van der Waals surface area contributed by atoms with Crippen LogP contribution in [0.1, 0.15) is 13.8 Å². The van der Waals surface area contributed by atoms with Crippen molar-refractivity contribution in [2.45, 2.75) is 13.8 Å². The molecule has 0 unspecified atom stereocenters. The van der Waals surface area contributed by atoms with E-state index in [1.807, 2.05) is 13.8 Å². The fourth-order valence-electron chi connectivity index (χ4n) is 1.24. The quantitative estimate of drug-likeness (QED) is 0.845. The molecule has 0 atom stereocenters. The average Bonchev–Trinajstić information content (AvgIpc) is 2.35. The standard InChI is InChI=1S/C13H16BrClN2O3/c1-8(2)6-16-13(19)17-12(18)7-20-11-4-3-9(14)5-10(11)15/h3-5,8H,6-7H2,1-2H3,(H2,16,17,18,19). The number of urea groups is 1. The molecule has 0 heterocycles. The third-order valence-electron chi connectivity index (χ3n) is 2.18. The van der Waals surface area contributed by atoms with Gasteiger partial charge in [-0.05, 0) is 24.1 Å². The van der Waals surface area contributed by atoms with Crippen molar-refractivity contribution in [1.82, 2.24) is 10.6 Å². The Morgan fingerprint density at radius 1 is 1.40 bits per heavy atom. The Kier molecular flexibility index (Phi) is 6.81. The molecule has 1 aromatic rings. The SMILES string of the molecule is CC(C)CNC(=O)NC(=O)COc1ccc(Br)cc1Cl. The molecule has 0 spiro atoms. The molecule has 0 bridgehead atoms. The highest BCUT2D eigenvalue weighted by atomic mass is 79.9. The Morgan fingerprint density at radius 3 is 2.70 bits per heavy atom. The van der Waals surface area contributed by atoms with Crippen LogP contribution in [-0.4, -0.2) is 25.1 Å². The Bertz CT molecular complexity index is 495. The minimum Gasteiger partial charge on any atom is -0.482 e. The minimum absolute atomic E-state index is 0.281. The van der Waals surface area contributed by atoms with Crippen LogP contribution in [0.15, 0.2) is 22.7 Å². The van der Waals surface area contributed by atoms with Crippen molar-refractivity contribution >= 4 is 39.5 Å². The van der Waals surface area contributed by atoms with Crippen LogP contribution in [0.5, 0.6) is 5.75 Å². The Morgan fingerprint density at radius 2 is 2.10 bits per heavy atom. The van der Waals surface area contributed by atoms with Gasteiger partial charge in [-0.15, -0.1) is 0 Å². The van der Waals surface area contributed by atoms with Gasteiger partial charge in [0.1, 0.15) is 5.75 Å². The number of benzene rings is 1. The molecule has 20 heavy (non-hydrogen) atoms. The molecule has 0 saturated carbocycles. The van der Waals surface area contributed by atoms with Crippen molar-refractivity contribution in [3.05, 3.63) is 27.7 Å². The lowest BCUT2D eigenvalue weighted by atomic mass is 10.2. The number of carbonyl (C=O) groups is 2. The molecule has 1 rings (SSSR count). The highest BCUT2D eigenvalue weighted by Gasteiger charge is 2.10. The number of ether oxygens (including phenoxy) is 1. The monoisotopic (exact) mass is 362 g/mol. The molecule has 0 radical (unpaired) electrons. The van der Waals surface area contributed by atoms with Crippen molar-refractivity contribution in [1.29, 1.82) is 0 Å². The Hall–Kier alpha value is -1.27. The zero-order valence-corrected chi connectivity index (χ0v) is 13.5. The fourth-order valence-corrected chi connectivity index (χ4v) is 1.97. The van der Waals surface area contributed by atoms with E-state index >= 15 is 0 Å². The van der Waals surface area contributed by atoms with Gasteiger partial charge in [0.25, 0.3) is 5.91 Å². The molecular weight excluding hydrogens is 348 g/mol. The minimum atomic E-state index is -0.537. The molecule has 0 aliphatic carbocycles. The van der Waals surface area contributed by atoms with E-state index in [2.05, 4.69) is 26.6 Å². The van der Waals surface area contributed by atoms with Crippen LogP contribution in [0.4, 0.5) is 4.79 Å². The molecule has 110 valence electrons. The van der Waals surface area contributed by atoms with Crippen LogP contribution in [0.2, 0.25) is 5.02 Å². The molecule has 7 heteroatoms. The first-order valence-corrected chi connectivity index (χ1v) is 7.21. The molecule has 2 N–H and O–H groups in total. The Labute approximate surface area is 131 Å². The van der Waals surface area contributed by atoms with Crippen molar-refractivity contribution in [3.8, 4) is 5.75 Å². The number of nitrogens with one attached hydrogen (secondary N) is 2. The van der Waals surface area contributed by atoms with E-state index in [0.29, 0.717) is 23.2 Å². The van der Waals surface area contributed by atoms with E-state index in [-0.39, 0.29) is 6.61 Å². The number of hydrogen-bond donors (Lipinski definition) is 2. The lowest BCUT2D eigenvalue weighted by molar-refractivity contribution is -0.122. The summed E-state index contributed by atoms with van der Waals surface area (Å²) in [4.78, 5) is 22.9. The largest absolute Gasteiger partial charge is 0.482 e. The zero-order chi connectivity index (χ0) is 15.1. The summed E-state index contributed by atoms with van der Waals surface area (Å²) in [6, 6.07) is 4.51. The van der Waals surface area contributed by atoms with Gasteiger partial charge in [0.05, 0.1) is 5.02 Å². The van der Waals surface area contributed by atoms with Crippen molar-refractivity contribution in [2.24, 2.45) is 5.92 Å². The van der Waals surface area contributed by atoms with Crippen LogP contribution in [0.3, 0.4) is 0 Å². The van der Waals surface area contributed by atoms with Crippen molar-refractivity contribution in [3.63, 3.8) is 0 Å². The predicted octanol–water partition coefficient (Wildman–Crippen LogP) is 2.96. The van der Waals surface area contributed by atoms with Crippen LogP contribution in [-0.2, 0) is 4.79 Å². The van der Waals surface area contributed by atoms with E-state index in [9.17, 15) is 9.59 Å². The van der Waals surface area contributed by atoms with E-state index in [4.69, 9.17) is 16.3 Å². The average molecular weight is 364 g/mol. The maximum atomic E-state index is 11.5. The Balaban J connectivity index is 2.38. The number of rotatable bonds is 5. The van der Waals surface area contributed by atoms with E-state index in [0.717, 1.165) is 4.47 Å². The lowest BCUT2D eigenvalue weighted by Crippen LogP contribution is -2.42. The zero-order valence-electron chi connectivity index (χ0n) is 11.2. The number of hydrogen-bond acceptors (Lipinski definition) is 3. The van der Waals surface area contributed by atoms with Gasteiger partial charge in [0, 0.05) is 11.0 Å². The van der Waals surface area contributed by atoms with Crippen molar-refractivity contribution < 1.29 is 14.3 Å². The van der Waals surface area contributed by atoms with Gasteiger partial charge >= 0.3 is 6.03 Å². The van der Waals surface area contributed by atoms with Gasteiger partial charge in [0.2, 0.25) is 0 Å². The second-order valence-electron chi connectivity index (χ2n) is 4.52. The summed E-state index contributed by atoms with van der Waals surface area (Å²) in [5.41, 5.74) is 0. The molecular formula is C13H16BrClN2O3. The summed E-state index contributed by atoms with van der Waals surface area (Å²) >= 11 is 9.20. The summed E-state index contributed by atoms with van der Waals surface area (Å²) in [7, 11) is 0. The molecule has 0 aliphatic rings. The van der Waals surface area contributed by atoms with Gasteiger partial charge in [0.15, 0.2) is 6.61 Å². The van der Waals surface area contributed by atoms with Gasteiger partial charge in [-0.25, -0.2) is 4.79 Å². The van der Waals surface area contributed by atoms with E-state index in [1.165, 1.54) is 0 Å². The van der Waals surface area contributed by atoms with Gasteiger partial charge in [-0.1, -0.05) is 41.4 Å². The molecule has 0 aromatic heterocycles. The molecule has 0 saturated heterocycles. The predicted molar refractivity (Wildman–Crippen MR) is 81.0 cm³/mol. The lowest BCUT2D eigenvalue weighted by Gasteiger charge is -2.10. The molecule has 5 nitrogen and oxygen atoms in total. The van der Waals surface area contributed by atoms with Gasteiger partial charge < -0.3 is 10.1 Å². The summed E-state index contributed by atoms with van der Waals surface area (Å²) in [5.74, 6) is 0.159. The topological polar surface area (TPSA) is 67.4 Å². The highest BCUT2D eigenvalue weighted by molar-refractivity contribution is 9.10. The summed E-state index contributed by atoms with van der Waals surface area (Å²) < 4.78 is 6.05. The second-order valence-corrected chi connectivity index (χ2v) is 5.84. The summed E-state index contributed by atoms with van der Waals surface area (Å²) in [6.07, 6.45) is 0. The normalized spacial score (nSPS) is 10.2. The van der Waals surface area contributed by atoms with E-state index in [1.54, 1.807) is 18.2 Å². The van der Waals surface area contributed by atoms with Crippen LogP contribution < -0.4 is 15.4 Å². The van der Waals surface area contributed by atoms with E-state index < -0.39 is 11.9 Å². The maximum absolute atomic E-state index is 11.5. The van der Waals surface area contributed by atoms with Gasteiger partial charge in [-0.2, -0.15) is 0 Å². The van der Waals surface area contributed by atoms with Gasteiger partial charge in [-0.3, -0.25) is 10.1 Å². The number of carbonyl (C=O) groups excluding carboxylic acids is 2. The first-order valence-electron chi connectivity index (χ1n) is 6.04. The third kappa shape index (κ3) is 6.25. The molecule has 0 fully saturated rings. The van der Waals surface area contributed by atoms with Crippen LogP contribution >= 0.6 is 27.5 Å². The first-order chi connectivity index (χ1) is 9.38. The summed E-state index contributed by atoms with van der Waals surface area (Å²) in [5, 5.41) is 5.13. The van der Waals surface area contributed by atoms with Crippen LogP contribution in [0, 0.1) is 5.92 Å². The molecule has 0 aliphatic heterocycles. The highest BCUT2D eigenvalue weighted by Crippen LogP contribution is 2.27. The molecule has 1 aromatic carbocycles. The number of amides is 3. The number of imide groups is 1.